The summed E-state index contributed by atoms with van der Waals surface area (Å²) >= 11 is 0. The van der Waals surface area contributed by atoms with E-state index in [1.165, 1.54) is 5.56 Å². The van der Waals surface area contributed by atoms with Crippen molar-refractivity contribution < 1.29 is 18.9 Å². The largest absolute Gasteiger partial charge is 0.497 e. The highest BCUT2D eigenvalue weighted by atomic mass is 16.5. The minimum absolute atomic E-state index is 0.570. The van der Waals surface area contributed by atoms with Gasteiger partial charge in [-0.25, -0.2) is 0 Å². The number of H-pyrrole nitrogens is 1. The zero-order valence-electron chi connectivity index (χ0n) is 16.4. The monoisotopic (exact) mass is 381 g/mol. The molecule has 3 aromatic rings. The van der Waals surface area contributed by atoms with Crippen molar-refractivity contribution >= 4 is 5.82 Å². The molecule has 0 saturated carbocycles. The Labute approximate surface area is 163 Å². The fraction of sp³-hybridized carbons (Fsp3) is 0.286. The van der Waals surface area contributed by atoms with Crippen LogP contribution in [0.3, 0.4) is 0 Å². The molecule has 0 unspecified atom stereocenters. The summed E-state index contributed by atoms with van der Waals surface area (Å²) in [6.07, 6.45) is 0.777. The van der Waals surface area contributed by atoms with Crippen LogP contribution in [0, 0.1) is 0 Å². The predicted molar refractivity (Wildman–Crippen MR) is 107 cm³/mol. The fourth-order valence-electron chi connectivity index (χ4n) is 3.60. The Morgan fingerprint density at radius 2 is 1.68 bits per heavy atom. The van der Waals surface area contributed by atoms with E-state index in [2.05, 4.69) is 15.5 Å². The highest BCUT2D eigenvalue weighted by Crippen LogP contribution is 2.44. The smallest absolute Gasteiger partial charge is 0.161 e. The van der Waals surface area contributed by atoms with Crippen molar-refractivity contribution in [1.82, 2.24) is 10.2 Å². The lowest BCUT2D eigenvalue weighted by molar-refractivity contribution is 0.355. The van der Waals surface area contributed by atoms with Crippen molar-refractivity contribution in [2.75, 3.05) is 33.8 Å². The van der Waals surface area contributed by atoms with E-state index in [0.717, 1.165) is 51.9 Å². The van der Waals surface area contributed by atoms with E-state index in [1.807, 2.05) is 30.3 Å². The van der Waals surface area contributed by atoms with Crippen LogP contribution >= 0.6 is 0 Å². The Morgan fingerprint density at radius 3 is 2.39 bits per heavy atom. The van der Waals surface area contributed by atoms with Gasteiger partial charge in [0.05, 0.1) is 34.1 Å². The number of ether oxygens (including phenoxy) is 4. The standard InChI is InChI=1S/C21H23N3O4/c1-25-14-5-6-17(26-2)13(7-14)11-22-21-16-8-12-9-18(27-3)19(28-4)10-15(12)20(16)23-24-21/h5-7,9-10H,8,11H2,1-4H3,(H2,22,23,24). The van der Waals surface area contributed by atoms with Crippen LogP contribution in [-0.2, 0) is 13.0 Å². The highest BCUT2D eigenvalue weighted by Gasteiger charge is 2.26. The molecule has 0 radical (unpaired) electrons. The number of rotatable bonds is 7. The Kier molecular flexibility index (Phi) is 4.73. The molecule has 0 atom stereocenters. The molecule has 0 fully saturated rings. The van der Waals surface area contributed by atoms with Gasteiger partial charge in [0.1, 0.15) is 11.5 Å². The Hall–Kier alpha value is -3.35. The van der Waals surface area contributed by atoms with Crippen LogP contribution in [0.4, 0.5) is 5.82 Å². The molecule has 2 aromatic carbocycles. The molecule has 7 nitrogen and oxygen atoms in total. The van der Waals surface area contributed by atoms with Crippen molar-refractivity contribution in [2.24, 2.45) is 0 Å². The summed E-state index contributed by atoms with van der Waals surface area (Å²) < 4.78 is 21.6. The maximum Gasteiger partial charge on any atom is 0.161 e. The lowest BCUT2D eigenvalue weighted by atomic mass is 10.1. The third kappa shape index (κ3) is 2.98. The molecule has 0 aliphatic heterocycles. The van der Waals surface area contributed by atoms with Gasteiger partial charge in [-0.1, -0.05) is 0 Å². The number of nitrogens with zero attached hydrogens (tertiary/aromatic N) is 1. The molecule has 0 saturated heterocycles. The van der Waals surface area contributed by atoms with Gasteiger partial charge in [0, 0.05) is 29.7 Å². The van der Waals surface area contributed by atoms with Gasteiger partial charge in [-0.2, -0.15) is 5.10 Å². The van der Waals surface area contributed by atoms with Crippen molar-refractivity contribution in [1.29, 1.82) is 0 Å². The third-order valence-corrected chi connectivity index (χ3v) is 5.05. The number of hydrogen-bond donors (Lipinski definition) is 2. The first kappa shape index (κ1) is 18.0. The summed E-state index contributed by atoms with van der Waals surface area (Å²) in [5.74, 6) is 3.86. The number of hydrogen-bond acceptors (Lipinski definition) is 6. The van der Waals surface area contributed by atoms with E-state index in [9.17, 15) is 0 Å². The normalized spacial score (nSPS) is 11.6. The van der Waals surface area contributed by atoms with Crippen LogP contribution in [-0.4, -0.2) is 38.6 Å². The van der Waals surface area contributed by atoms with Crippen LogP contribution in [0.25, 0.3) is 11.3 Å². The Bertz CT molecular complexity index is 1010. The van der Waals surface area contributed by atoms with E-state index in [-0.39, 0.29) is 0 Å². The van der Waals surface area contributed by atoms with Crippen molar-refractivity contribution in [3.8, 4) is 34.3 Å². The second-order valence-electron chi connectivity index (χ2n) is 6.50. The first-order valence-electron chi connectivity index (χ1n) is 8.95. The number of aromatic amines is 1. The van der Waals surface area contributed by atoms with Crippen molar-refractivity contribution in [3.63, 3.8) is 0 Å². The molecular weight excluding hydrogens is 358 g/mol. The Morgan fingerprint density at radius 1 is 0.929 bits per heavy atom. The summed E-state index contributed by atoms with van der Waals surface area (Å²) in [4.78, 5) is 0. The second-order valence-corrected chi connectivity index (χ2v) is 6.50. The maximum atomic E-state index is 5.46. The fourth-order valence-corrected chi connectivity index (χ4v) is 3.60. The quantitative estimate of drug-likeness (QED) is 0.509. The summed E-state index contributed by atoms with van der Waals surface area (Å²) in [6, 6.07) is 9.76. The maximum absolute atomic E-state index is 5.46. The van der Waals surface area contributed by atoms with Crippen LogP contribution in [0.2, 0.25) is 0 Å². The van der Waals surface area contributed by atoms with Crippen molar-refractivity contribution in [3.05, 3.63) is 47.0 Å². The van der Waals surface area contributed by atoms with Gasteiger partial charge >= 0.3 is 0 Å². The SMILES string of the molecule is COc1ccc(OC)c(CNc2n[nH]c3c2Cc2cc(OC)c(OC)cc2-3)c1. The van der Waals surface area contributed by atoms with E-state index in [0.29, 0.717) is 12.3 Å². The number of nitrogens with one attached hydrogen (secondary N) is 2. The summed E-state index contributed by atoms with van der Waals surface area (Å²) in [7, 11) is 6.60. The molecule has 1 heterocycles. The summed E-state index contributed by atoms with van der Waals surface area (Å²) in [6.45, 7) is 0.570. The average Bonchev–Trinajstić information content (AvgIpc) is 3.29. The molecule has 28 heavy (non-hydrogen) atoms. The second kappa shape index (κ2) is 7.34. The molecule has 1 aliphatic carbocycles. The molecule has 1 aromatic heterocycles. The molecule has 146 valence electrons. The van der Waals surface area contributed by atoms with E-state index >= 15 is 0 Å². The molecule has 0 amide bonds. The van der Waals surface area contributed by atoms with E-state index in [4.69, 9.17) is 18.9 Å². The zero-order chi connectivity index (χ0) is 19.7. The first-order valence-corrected chi connectivity index (χ1v) is 8.95. The van der Waals surface area contributed by atoms with Crippen LogP contribution in [0.5, 0.6) is 23.0 Å². The Balaban J connectivity index is 1.60. The number of aromatic nitrogens is 2. The lowest BCUT2D eigenvalue weighted by Crippen LogP contribution is -2.04. The highest BCUT2D eigenvalue weighted by molar-refractivity contribution is 5.80. The zero-order valence-corrected chi connectivity index (χ0v) is 16.4. The average molecular weight is 381 g/mol. The van der Waals surface area contributed by atoms with Gasteiger partial charge in [0.15, 0.2) is 17.3 Å². The minimum atomic E-state index is 0.570. The number of methoxy groups -OCH3 is 4. The molecule has 1 aliphatic rings. The molecular formula is C21H23N3O4. The van der Waals surface area contributed by atoms with Gasteiger partial charge in [0.25, 0.3) is 0 Å². The first-order chi connectivity index (χ1) is 13.7. The molecule has 2 N–H and O–H groups in total. The van der Waals surface area contributed by atoms with Gasteiger partial charge in [-0.15, -0.1) is 0 Å². The van der Waals surface area contributed by atoms with E-state index < -0.39 is 0 Å². The molecule has 4 rings (SSSR count). The minimum Gasteiger partial charge on any atom is -0.497 e. The van der Waals surface area contributed by atoms with Gasteiger partial charge in [-0.05, 0) is 35.9 Å². The van der Waals surface area contributed by atoms with Gasteiger partial charge in [-0.3, -0.25) is 5.10 Å². The van der Waals surface area contributed by atoms with Crippen molar-refractivity contribution in [2.45, 2.75) is 13.0 Å². The van der Waals surface area contributed by atoms with Crippen LogP contribution in [0.1, 0.15) is 16.7 Å². The predicted octanol–water partition coefficient (Wildman–Crippen LogP) is 3.63. The lowest BCUT2D eigenvalue weighted by Gasteiger charge is -2.11. The van der Waals surface area contributed by atoms with Gasteiger partial charge < -0.3 is 24.3 Å². The number of benzene rings is 2. The number of anilines is 1. The van der Waals surface area contributed by atoms with Crippen LogP contribution < -0.4 is 24.3 Å². The number of fused-ring (bicyclic) bond motifs is 3. The van der Waals surface area contributed by atoms with Crippen LogP contribution in [0.15, 0.2) is 30.3 Å². The molecule has 0 bridgehead atoms. The topological polar surface area (TPSA) is 77.6 Å². The summed E-state index contributed by atoms with van der Waals surface area (Å²) in [5.41, 5.74) is 5.41. The third-order valence-electron chi connectivity index (χ3n) is 5.05. The van der Waals surface area contributed by atoms with E-state index in [1.54, 1.807) is 28.4 Å². The molecule has 0 spiro atoms. The summed E-state index contributed by atoms with van der Waals surface area (Å²) in [5, 5.41) is 11.0. The molecule has 7 heteroatoms. The van der Waals surface area contributed by atoms with Gasteiger partial charge in [0.2, 0.25) is 0 Å².